The molecule has 0 aliphatic carbocycles. The molecular weight excluding hydrogens is 855 g/mol. The summed E-state index contributed by atoms with van der Waals surface area (Å²) in [6, 6.07) is 0. The van der Waals surface area contributed by atoms with Gasteiger partial charge in [-0.15, -0.1) is 0 Å². The zero-order valence-electron chi connectivity index (χ0n) is 46.2. The first-order chi connectivity index (χ1) is 32.4. The third-order valence-corrected chi connectivity index (χ3v) is 17.4. The minimum absolute atomic E-state index is 0.658. The number of hydrogen-bond donors (Lipinski definition) is 2. The van der Waals surface area contributed by atoms with Crippen molar-refractivity contribution in [2.75, 3.05) is 38.8 Å². The van der Waals surface area contributed by atoms with Crippen LogP contribution < -0.4 is 0 Å². The molecule has 6 nitrogen and oxygen atoms in total. The molecule has 8 heteroatoms. The molecule has 0 rings (SSSR count). The Morgan fingerprint density at radius 2 is 0.333 bits per heavy atom. The lowest BCUT2D eigenvalue weighted by molar-refractivity contribution is 0.168. The van der Waals surface area contributed by atoms with E-state index in [0.29, 0.717) is 26.4 Å². The molecule has 0 aromatic heterocycles. The van der Waals surface area contributed by atoms with E-state index in [4.69, 9.17) is 18.1 Å². The van der Waals surface area contributed by atoms with Gasteiger partial charge in [-0.2, -0.15) is 27.9 Å². The molecule has 0 aromatic carbocycles. The summed E-state index contributed by atoms with van der Waals surface area (Å²) in [6.07, 6.45) is 60.5. The number of hydrogen-bond acceptors (Lipinski definition) is 6. The van der Waals surface area contributed by atoms with Gasteiger partial charge in [-0.25, -0.2) is 0 Å². The van der Waals surface area contributed by atoms with Gasteiger partial charge in [0.05, 0.1) is 26.4 Å². The molecule has 0 amide bonds. The molecule has 0 saturated heterocycles. The first-order valence-corrected chi connectivity index (χ1v) is 33.7. The molecule has 0 radical (unpaired) electrons. The van der Waals surface area contributed by atoms with E-state index in [-0.39, 0.29) is 0 Å². The normalized spacial score (nSPS) is 12.0. The summed E-state index contributed by atoms with van der Waals surface area (Å²) in [6.45, 7) is 16.2. The fraction of sp³-hybridized carbons (Fsp3) is 1.00. The van der Waals surface area contributed by atoms with Crippen LogP contribution in [0.4, 0.5) is 0 Å². The lowest BCUT2D eigenvalue weighted by atomic mass is 10.1. The van der Waals surface area contributed by atoms with Gasteiger partial charge in [-0.1, -0.05) is 286 Å². The predicted octanol–water partition coefficient (Wildman–Crippen LogP) is 21.6. The monoisotopic (exact) mass is 979 g/mol. The van der Waals surface area contributed by atoms with Crippen molar-refractivity contribution in [3.8, 4) is 0 Å². The smallest absolute Gasteiger partial charge is 0.193 e. The van der Waals surface area contributed by atoms with Gasteiger partial charge in [0.2, 0.25) is 0 Å². The van der Waals surface area contributed by atoms with Crippen LogP contribution in [0.3, 0.4) is 0 Å². The highest BCUT2D eigenvalue weighted by Gasteiger charge is 2.40. The summed E-state index contributed by atoms with van der Waals surface area (Å²) in [7, 11) is -5.34. The van der Waals surface area contributed by atoms with Crippen molar-refractivity contribution in [3.05, 3.63) is 0 Å². The Morgan fingerprint density at radius 3 is 0.500 bits per heavy atom. The van der Waals surface area contributed by atoms with E-state index in [0.717, 1.165) is 50.8 Å². The summed E-state index contributed by atoms with van der Waals surface area (Å²) < 4.78 is 24.1. The maximum absolute atomic E-state index is 11.1. The van der Waals surface area contributed by atoms with Crippen molar-refractivity contribution in [2.45, 2.75) is 337 Å². The topological polar surface area (TPSA) is 77.4 Å². The van der Waals surface area contributed by atoms with Crippen LogP contribution in [0.25, 0.3) is 0 Å². The molecule has 0 saturated carbocycles. The van der Waals surface area contributed by atoms with Crippen LogP contribution in [-0.4, -0.2) is 48.5 Å². The molecule has 0 atom stereocenters. The van der Waals surface area contributed by atoms with E-state index in [9.17, 15) is 9.79 Å². The second kappa shape index (κ2) is 58.2. The Labute approximate surface area is 417 Å². The van der Waals surface area contributed by atoms with E-state index < -0.39 is 15.9 Å². The fourth-order valence-corrected chi connectivity index (χ4v) is 12.2. The minimum atomic E-state index is -2.67. The van der Waals surface area contributed by atoms with Gasteiger partial charge in [0.25, 0.3) is 0 Å². The largest absolute Gasteiger partial charge is 0.408 e. The Morgan fingerprint density at radius 1 is 0.197 bits per heavy atom. The summed E-state index contributed by atoms with van der Waals surface area (Å²) in [5.41, 5.74) is 0. The zero-order chi connectivity index (χ0) is 48.6. The van der Waals surface area contributed by atoms with Gasteiger partial charge in [0.1, 0.15) is 12.3 Å². The molecule has 0 aliphatic heterocycles. The molecule has 400 valence electrons. The van der Waals surface area contributed by atoms with E-state index in [1.165, 1.54) is 257 Å². The van der Waals surface area contributed by atoms with E-state index in [2.05, 4.69) is 41.5 Å². The van der Waals surface area contributed by atoms with Crippen LogP contribution in [0.2, 0.25) is 0 Å². The van der Waals surface area contributed by atoms with Gasteiger partial charge < -0.3 is 0 Å². The molecule has 0 unspecified atom stereocenters. The van der Waals surface area contributed by atoms with Crippen molar-refractivity contribution in [1.29, 1.82) is 0 Å². The quantitative estimate of drug-likeness (QED) is 0.0467. The lowest BCUT2D eigenvalue weighted by Crippen LogP contribution is -2.09. The standard InChI is InChI=1S/2C29H62O3P/c2*1-4-7-10-13-16-17-18-19-20-23-26-29-33(30,31-27-24-21-14-11-8-5-2)32-28-25-22-15-12-9-6-3/h2*30H,4-29H2,1-3H3/q2*+1. The number of unbranched alkanes of at least 4 members (excludes halogenated alkanes) is 40. The van der Waals surface area contributed by atoms with Crippen molar-refractivity contribution in [2.24, 2.45) is 0 Å². The van der Waals surface area contributed by atoms with Crippen LogP contribution in [0.5, 0.6) is 0 Å². The average Bonchev–Trinajstić information content (AvgIpc) is 3.31. The highest BCUT2D eigenvalue weighted by atomic mass is 31.2. The molecular formula is C58H124O6P2+2. The third-order valence-electron chi connectivity index (χ3n) is 13.3. The summed E-state index contributed by atoms with van der Waals surface area (Å²) in [4.78, 5) is 22.2. The van der Waals surface area contributed by atoms with E-state index >= 15 is 0 Å². The van der Waals surface area contributed by atoms with Crippen molar-refractivity contribution in [3.63, 3.8) is 0 Å². The highest BCUT2D eigenvalue weighted by Crippen LogP contribution is 2.58. The van der Waals surface area contributed by atoms with Crippen molar-refractivity contribution in [1.82, 2.24) is 0 Å². The molecule has 0 spiro atoms. The lowest BCUT2D eigenvalue weighted by Gasteiger charge is -2.17. The van der Waals surface area contributed by atoms with Gasteiger partial charge >= 0.3 is 15.9 Å². The molecule has 0 fully saturated rings. The maximum Gasteiger partial charge on any atom is 0.408 e. The summed E-state index contributed by atoms with van der Waals surface area (Å²) >= 11 is 0. The maximum atomic E-state index is 11.1. The highest BCUT2D eigenvalue weighted by molar-refractivity contribution is 7.60. The van der Waals surface area contributed by atoms with Crippen LogP contribution in [0, 0.1) is 0 Å². The molecule has 0 bridgehead atoms. The zero-order valence-corrected chi connectivity index (χ0v) is 48.0. The fourth-order valence-electron chi connectivity index (χ4n) is 8.64. The van der Waals surface area contributed by atoms with Crippen molar-refractivity contribution < 1.29 is 27.9 Å². The second-order valence-electron chi connectivity index (χ2n) is 20.2. The van der Waals surface area contributed by atoms with Crippen LogP contribution in [-0.2, 0) is 18.1 Å². The summed E-state index contributed by atoms with van der Waals surface area (Å²) in [5, 5.41) is 0. The van der Waals surface area contributed by atoms with Gasteiger partial charge in [0, 0.05) is 0 Å². The van der Waals surface area contributed by atoms with Gasteiger partial charge in [0.15, 0.2) is 0 Å². The SMILES string of the molecule is CCCCCCCCCCCCC[P+](O)(OCCCCCCCC)OCCCCCCCC.CCCCCCCCCCCCC[P+](O)(OCCCCCCCC)OCCCCCCCC. The first-order valence-electron chi connectivity index (χ1n) is 30.2. The van der Waals surface area contributed by atoms with Crippen LogP contribution in [0.1, 0.15) is 337 Å². The Hall–Kier alpha value is 0.620. The number of rotatable bonds is 56. The molecule has 2 N–H and O–H groups in total. The minimum Gasteiger partial charge on any atom is -0.193 e. The molecule has 66 heavy (non-hydrogen) atoms. The van der Waals surface area contributed by atoms with Crippen LogP contribution >= 0.6 is 15.9 Å². The Kier molecular flexibility index (Phi) is 60.6. The first kappa shape index (κ1) is 68.7. The van der Waals surface area contributed by atoms with E-state index in [1.54, 1.807) is 0 Å². The second-order valence-corrected chi connectivity index (χ2v) is 24.7. The third kappa shape index (κ3) is 55.5. The molecule has 0 aromatic rings. The Bertz CT molecular complexity index is 762. The van der Waals surface area contributed by atoms with Gasteiger partial charge in [-0.05, 0) is 51.4 Å². The van der Waals surface area contributed by atoms with Crippen molar-refractivity contribution >= 4 is 15.9 Å². The molecule has 0 heterocycles. The predicted molar refractivity (Wildman–Crippen MR) is 298 cm³/mol. The average molecular weight is 980 g/mol. The van der Waals surface area contributed by atoms with E-state index in [1.807, 2.05) is 0 Å². The van der Waals surface area contributed by atoms with Gasteiger partial charge in [-0.3, -0.25) is 0 Å². The Balaban J connectivity index is 0. The molecule has 0 aliphatic rings. The van der Waals surface area contributed by atoms with Crippen LogP contribution in [0.15, 0.2) is 0 Å². The summed E-state index contributed by atoms with van der Waals surface area (Å²) in [5.74, 6) is 0.